The van der Waals surface area contributed by atoms with Gasteiger partial charge in [0, 0.05) is 27.2 Å². The third-order valence-electron chi connectivity index (χ3n) is 2.99. The number of rotatable bonds is 6. The van der Waals surface area contributed by atoms with Gasteiger partial charge in [-0.1, -0.05) is 35.5 Å². The van der Waals surface area contributed by atoms with Crippen molar-refractivity contribution in [2.24, 2.45) is 0 Å². The van der Waals surface area contributed by atoms with E-state index in [1.54, 1.807) is 29.3 Å². The number of thioether (sulfide) groups is 1. The zero-order valence-corrected chi connectivity index (χ0v) is 16.0. The highest BCUT2D eigenvalue weighted by Gasteiger charge is 2.10. The molecule has 0 aliphatic carbocycles. The lowest BCUT2D eigenvalue weighted by atomic mass is 10.2. The summed E-state index contributed by atoms with van der Waals surface area (Å²) >= 11 is 10.6. The minimum atomic E-state index is -0.0963. The largest absolute Gasteiger partial charge is 0.302 e. The quantitative estimate of drug-likeness (QED) is 0.594. The number of hydrogen-bond donors (Lipinski definition) is 1. The van der Waals surface area contributed by atoms with Gasteiger partial charge in [-0.15, -0.1) is 22.7 Å². The Kier molecular flexibility index (Phi) is 5.89. The van der Waals surface area contributed by atoms with Crippen molar-refractivity contribution in [3.05, 3.63) is 57.0 Å². The van der Waals surface area contributed by atoms with Crippen LogP contribution in [0.4, 0.5) is 5.13 Å². The van der Waals surface area contributed by atoms with Gasteiger partial charge in [-0.2, -0.15) is 0 Å². The Balaban J connectivity index is 1.52. The molecule has 0 radical (unpaired) electrons. The van der Waals surface area contributed by atoms with Crippen LogP contribution in [0.1, 0.15) is 16.1 Å². The highest BCUT2D eigenvalue weighted by Crippen LogP contribution is 2.27. The van der Waals surface area contributed by atoms with E-state index in [2.05, 4.69) is 15.3 Å². The molecule has 0 fully saturated rings. The lowest BCUT2D eigenvalue weighted by Crippen LogP contribution is -2.14. The molecule has 0 saturated carbocycles. The molecule has 2 heterocycles. The molecule has 24 heavy (non-hydrogen) atoms. The molecule has 1 N–H and O–H groups in total. The van der Waals surface area contributed by atoms with Crippen molar-refractivity contribution in [3.8, 4) is 0 Å². The van der Waals surface area contributed by atoms with Gasteiger partial charge in [0.15, 0.2) is 5.13 Å². The van der Waals surface area contributed by atoms with Crippen LogP contribution in [0.3, 0.4) is 0 Å². The van der Waals surface area contributed by atoms with E-state index in [1.807, 2.05) is 36.6 Å². The predicted octanol–water partition coefficient (Wildman–Crippen LogP) is 5.03. The molecule has 3 rings (SSSR count). The number of carbonyl (C=O) groups excluding carboxylic acids is 1. The molecule has 0 unspecified atom stereocenters. The molecule has 4 nitrogen and oxygen atoms in total. The summed E-state index contributed by atoms with van der Waals surface area (Å²) in [6.07, 6.45) is 2.00. The number of benzene rings is 1. The van der Waals surface area contributed by atoms with E-state index in [-0.39, 0.29) is 12.3 Å². The summed E-state index contributed by atoms with van der Waals surface area (Å²) in [5, 5.41) is 6.09. The second-order valence-corrected chi connectivity index (χ2v) is 8.78. The SMILES string of the molecule is Cc1cnc(NC(=O)Cc2csc(SCc3cccc(Cl)c3)n2)s1. The zero-order chi connectivity index (χ0) is 16.9. The second kappa shape index (κ2) is 8.11. The van der Waals surface area contributed by atoms with Gasteiger partial charge in [0.05, 0.1) is 12.1 Å². The van der Waals surface area contributed by atoms with Gasteiger partial charge in [-0.05, 0) is 24.6 Å². The van der Waals surface area contributed by atoms with Crippen LogP contribution in [0, 0.1) is 6.92 Å². The Morgan fingerprint density at radius 3 is 3.04 bits per heavy atom. The third-order valence-corrected chi connectivity index (χ3v) is 6.20. The Bertz CT molecular complexity index is 846. The van der Waals surface area contributed by atoms with Gasteiger partial charge in [-0.3, -0.25) is 4.79 Å². The van der Waals surface area contributed by atoms with Crippen LogP contribution in [-0.2, 0) is 17.0 Å². The van der Waals surface area contributed by atoms with Crippen LogP contribution in [-0.4, -0.2) is 15.9 Å². The number of halogens is 1. The fourth-order valence-corrected chi connectivity index (χ4v) is 4.63. The molecule has 1 amide bonds. The van der Waals surface area contributed by atoms with Crippen LogP contribution in [0.15, 0.2) is 40.2 Å². The van der Waals surface area contributed by atoms with Crippen LogP contribution in [0.5, 0.6) is 0 Å². The van der Waals surface area contributed by atoms with Gasteiger partial charge >= 0.3 is 0 Å². The molecular formula is C16H14ClN3OS3. The van der Waals surface area contributed by atoms with Crippen molar-refractivity contribution in [1.82, 2.24) is 9.97 Å². The standard InChI is InChI=1S/C16H14ClN3OS3/c1-10-7-18-15(24-10)20-14(21)6-13-9-23-16(19-13)22-8-11-3-2-4-12(17)5-11/h2-5,7,9H,6,8H2,1H3,(H,18,20,21). The Hall–Kier alpha value is -1.41. The highest BCUT2D eigenvalue weighted by atomic mass is 35.5. The lowest BCUT2D eigenvalue weighted by molar-refractivity contribution is -0.115. The van der Waals surface area contributed by atoms with E-state index in [0.717, 1.165) is 31.2 Å². The van der Waals surface area contributed by atoms with E-state index in [0.29, 0.717) is 5.13 Å². The van der Waals surface area contributed by atoms with Crippen molar-refractivity contribution in [3.63, 3.8) is 0 Å². The van der Waals surface area contributed by atoms with Crippen LogP contribution < -0.4 is 5.32 Å². The minimum absolute atomic E-state index is 0.0963. The lowest BCUT2D eigenvalue weighted by Gasteiger charge is -2.00. The zero-order valence-electron chi connectivity index (χ0n) is 12.8. The first-order chi connectivity index (χ1) is 11.6. The highest BCUT2D eigenvalue weighted by molar-refractivity contribution is 8.00. The minimum Gasteiger partial charge on any atom is -0.302 e. The van der Waals surface area contributed by atoms with Crippen molar-refractivity contribution >= 4 is 57.1 Å². The first-order valence-electron chi connectivity index (χ1n) is 7.12. The Labute approximate surface area is 157 Å². The summed E-state index contributed by atoms with van der Waals surface area (Å²) in [7, 11) is 0. The maximum atomic E-state index is 12.0. The van der Waals surface area contributed by atoms with E-state index < -0.39 is 0 Å². The van der Waals surface area contributed by atoms with E-state index in [9.17, 15) is 4.79 Å². The smallest absolute Gasteiger partial charge is 0.232 e. The summed E-state index contributed by atoms with van der Waals surface area (Å²) in [6.45, 7) is 1.96. The average Bonchev–Trinajstić information content (AvgIpc) is 3.14. The molecule has 2 aromatic heterocycles. The second-order valence-electron chi connectivity index (χ2n) is 5.02. The summed E-state index contributed by atoms with van der Waals surface area (Å²) in [5.41, 5.74) is 1.93. The number of anilines is 1. The molecule has 0 saturated heterocycles. The molecule has 0 aliphatic heterocycles. The first-order valence-corrected chi connectivity index (χ1v) is 10.2. The maximum Gasteiger partial charge on any atom is 0.232 e. The number of hydrogen-bond acceptors (Lipinski definition) is 6. The van der Waals surface area contributed by atoms with Gasteiger partial charge in [-0.25, -0.2) is 9.97 Å². The van der Waals surface area contributed by atoms with Crippen molar-refractivity contribution in [2.45, 2.75) is 23.4 Å². The van der Waals surface area contributed by atoms with Crippen molar-refractivity contribution in [2.75, 3.05) is 5.32 Å². The number of carbonyl (C=O) groups is 1. The van der Waals surface area contributed by atoms with Gasteiger partial charge in [0.2, 0.25) is 5.91 Å². The number of nitrogens with zero attached hydrogens (tertiary/aromatic N) is 2. The fourth-order valence-electron chi connectivity index (χ4n) is 1.95. The van der Waals surface area contributed by atoms with Crippen LogP contribution >= 0.6 is 46.0 Å². The van der Waals surface area contributed by atoms with Crippen LogP contribution in [0.2, 0.25) is 5.02 Å². The number of thiazole rings is 2. The number of amides is 1. The molecule has 3 aromatic rings. The van der Waals surface area contributed by atoms with Crippen molar-refractivity contribution in [1.29, 1.82) is 0 Å². The maximum absolute atomic E-state index is 12.0. The average molecular weight is 396 g/mol. The van der Waals surface area contributed by atoms with Gasteiger partial charge in [0.25, 0.3) is 0 Å². The molecule has 124 valence electrons. The van der Waals surface area contributed by atoms with E-state index in [1.165, 1.54) is 11.3 Å². The number of aryl methyl sites for hydroxylation is 1. The fraction of sp³-hybridized carbons (Fsp3) is 0.188. The molecule has 0 bridgehead atoms. The molecule has 1 aromatic carbocycles. The molecular weight excluding hydrogens is 382 g/mol. The molecule has 0 aliphatic rings. The van der Waals surface area contributed by atoms with Crippen LogP contribution in [0.25, 0.3) is 0 Å². The third kappa shape index (κ3) is 5.04. The molecule has 0 atom stereocenters. The monoisotopic (exact) mass is 395 g/mol. The molecule has 0 spiro atoms. The normalized spacial score (nSPS) is 10.8. The van der Waals surface area contributed by atoms with Gasteiger partial charge in [0.1, 0.15) is 4.34 Å². The number of nitrogens with one attached hydrogen (secondary N) is 1. The van der Waals surface area contributed by atoms with E-state index in [4.69, 9.17) is 11.6 Å². The topological polar surface area (TPSA) is 54.9 Å². The summed E-state index contributed by atoms with van der Waals surface area (Å²) < 4.78 is 0.947. The van der Waals surface area contributed by atoms with Crippen molar-refractivity contribution < 1.29 is 4.79 Å². The van der Waals surface area contributed by atoms with Gasteiger partial charge < -0.3 is 5.32 Å². The summed E-state index contributed by atoms with van der Waals surface area (Å²) in [5.74, 6) is 0.707. The first kappa shape index (κ1) is 17.4. The summed E-state index contributed by atoms with van der Waals surface area (Å²) in [4.78, 5) is 21.7. The number of aromatic nitrogens is 2. The summed E-state index contributed by atoms with van der Waals surface area (Å²) in [6, 6.07) is 7.79. The van der Waals surface area contributed by atoms with E-state index >= 15 is 0 Å². The predicted molar refractivity (Wildman–Crippen MR) is 102 cm³/mol. The molecule has 8 heteroatoms. The Morgan fingerprint density at radius 2 is 2.29 bits per heavy atom. The Morgan fingerprint density at radius 1 is 1.42 bits per heavy atom.